The Morgan fingerprint density at radius 1 is 0.966 bits per heavy atom. The minimum Gasteiger partial charge on any atom is -0.481 e. The summed E-state index contributed by atoms with van der Waals surface area (Å²) >= 11 is 6.41. The molecular formula is C23H22ClN3O2. The van der Waals surface area contributed by atoms with E-state index in [4.69, 9.17) is 16.7 Å². The van der Waals surface area contributed by atoms with Gasteiger partial charge in [-0.3, -0.25) is 4.79 Å². The van der Waals surface area contributed by atoms with Gasteiger partial charge in [0.05, 0.1) is 22.8 Å². The van der Waals surface area contributed by atoms with E-state index in [0.717, 1.165) is 29.5 Å². The van der Waals surface area contributed by atoms with Crippen molar-refractivity contribution in [3.63, 3.8) is 0 Å². The Balaban J connectivity index is 1.54. The zero-order valence-electron chi connectivity index (χ0n) is 15.9. The number of halogens is 1. The second-order valence-electron chi connectivity index (χ2n) is 7.37. The van der Waals surface area contributed by atoms with Crippen LogP contribution in [0.4, 0.5) is 5.95 Å². The van der Waals surface area contributed by atoms with Gasteiger partial charge >= 0.3 is 5.97 Å². The van der Waals surface area contributed by atoms with Crippen molar-refractivity contribution in [2.24, 2.45) is 5.92 Å². The molecule has 1 heterocycles. The first kappa shape index (κ1) is 19.4. The van der Waals surface area contributed by atoms with Crippen LogP contribution in [0.2, 0.25) is 5.02 Å². The third kappa shape index (κ3) is 4.57. The second kappa shape index (κ2) is 8.62. The standard InChI is InChI=1S/C23H22ClN3O2/c24-20-14-25-23(26-19-11-9-16(10-12-19)22(28)29)27-21(20)18-8-4-7-17(13-18)15-5-2-1-3-6-15/h1-8,13-14,16,19H,9-12H2,(H,28,29)(H,25,26,27)/t16-,19-. The summed E-state index contributed by atoms with van der Waals surface area (Å²) < 4.78 is 0. The molecule has 1 fully saturated rings. The van der Waals surface area contributed by atoms with Crippen molar-refractivity contribution in [2.75, 3.05) is 5.32 Å². The highest BCUT2D eigenvalue weighted by atomic mass is 35.5. The van der Waals surface area contributed by atoms with Crippen LogP contribution >= 0.6 is 11.6 Å². The first-order valence-electron chi connectivity index (χ1n) is 9.78. The number of aromatic nitrogens is 2. The van der Waals surface area contributed by atoms with E-state index in [-0.39, 0.29) is 12.0 Å². The molecule has 0 saturated heterocycles. The van der Waals surface area contributed by atoms with Crippen LogP contribution in [0.5, 0.6) is 0 Å². The molecule has 0 aliphatic heterocycles. The lowest BCUT2D eigenvalue weighted by Crippen LogP contribution is -2.29. The van der Waals surface area contributed by atoms with Gasteiger partial charge in [-0.1, -0.05) is 60.1 Å². The maximum atomic E-state index is 11.1. The molecule has 1 aliphatic rings. The van der Waals surface area contributed by atoms with E-state index in [1.165, 1.54) is 0 Å². The third-order valence-electron chi connectivity index (χ3n) is 5.40. The molecule has 6 heteroatoms. The fourth-order valence-corrected chi connectivity index (χ4v) is 3.98. The van der Waals surface area contributed by atoms with Gasteiger partial charge in [-0.2, -0.15) is 0 Å². The molecule has 2 aromatic carbocycles. The predicted molar refractivity (Wildman–Crippen MR) is 115 cm³/mol. The van der Waals surface area contributed by atoms with Gasteiger partial charge in [0.15, 0.2) is 0 Å². The number of anilines is 1. The van der Waals surface area contributed by atoms with Gasteiger partial charge in [0, 0.05) is 11.6 Å². The van der Waals surface area contributed by atoms with Crippen molar-refractivity contribution < 1.29 is 9.90 Å². The highest BCUT2D eigenvalue weighted by molar-refractivity contribution is 6.32. The zero-order valence-corrected chi connectivity index (χ0v) is 16.6. The quantitative estimate of drug-likeness (QED) is 0.582. The summed E-state index contributed by atoms with van der Waals surface area (Å²) in [5.74, 6) is -0.421. The third-order valence-corrected chi connectivity index (χ3v) is 5.67. The lowest BCUT2D eigenvalue weighted by molar-refractivity contribution is -0.142. The molecule has 0 bridgehead atoms. The molecule has 2 N–H and O–H groups in total. The molecule has 0 amide bonds. The Labute approximate surface area is 174 Å². The molecule has 29 heavy (non-hydrogen) atoms. The van der Waals surface area contributed by atoms with Crippen LogP contribution in [0.3, 0.4) is 0 Å². The summed E-state index contributed by atoms with van der Waals surface area (Å²) in [6.45, 7) is 0. The summed E-state index contributed by atoms with van der Waals surface area (Å²) in [5, 5.41) is 13.0. The Morgan fingerprint density at radius 2 is 1.66 bits per heavy atom. The Hall–Kier alpha value is -2.92. The molecule has 0 radical (unpaired) electrons. The lowest BCUT2D eigenvalue weighted by Gasteiger charge is -2.26. The molecule has 0 unspecified atom stereocenters. The van der Waals surface area contributed by atoms with E-state index < -0.39 is 5.97 Å². The molecule has 5 nitrogen and oxygen atoms in total. The van der Waals surface area contributed by atoms with Gasteiger partial charge in [0.2, 0.25) is 5.95 Å². The molecular weight excluding hydrogens is 386 g/mol. The lowest BCUT2D eigenvalue weighted by atomic mass is 9.86. The van der Waals surface area contributed by atoms with Crippen LogP contribution in [-0.4, -0.2) is 27.1 Å². The van der Waals surface area contributed by atoms with Crippen LogP contribution in [0.15, 0.2) is 60.8 Å². The minimum atomic E-state index is -0.702. The van der Waals surface area contributed by atoms with Crippen LogP contribution in [-0.2, 0) is 4.79 Å². The van der Waals surface area contributed by atoms with Crippen LogP contribution in [0.25, 0.3) is 22.4 Å². The maximum Gasteiger partial charge on any atom is 0.306 e. The second-order valence-corrected chi connectivity index (χ2v) is 7.78. The molecule has 0 spiro atoms. The predicted octanol–water partition coefficient (Wildman–Crippen LogP) is 5.52. The summed E-state index contributed by atoms with van der Waals surface area (Å²) in [7, 11) is 0. The highest BCUT2D eigenvalue weighted by Crippen LogP contribution is 2.31. The fraction of sp³-hybridized carbons (Fsp3) is 0.261. The van der Waals surface area contributed by atoms with E-state index >= 15 is 0 Å². The Morgan fingerprint density at radius 3 is 2.38 bits per heavy atom. The van der Waals surface area contributed by atoms with Crippen molar-refractivity contribution in [1.29, 1.82) is 0 Å². The monoisotopic (exact) mass is 407 g/mol. The summed E-state index contributed by atoms with van der Waals surface area (Å²) in [4.78, 5) is 20.1. The first-order valence-corrected chi connectivity index (χ1v) is 10.2. The van der Waals surface area contributed by atoms with Crippen molar-refractivity contribution in [3.8, 4) is 22.4 Å². The number of carbonyl (C=O) groups is 1. The number of hydrogen-bond acceptors (Lipinski definition) is 4. The van der Waals surface area contributed by atoms with Gasteiger partial charge in [0.25, 0.3) is 0 Å². The van der Waals surface area contributed by atoms with Crippen LogP contribution < -0.4 is 5.32 Å². The fourth-order valence-electron chi connectivity index (χ4n) is 3.78. The average Bonchev–Trinajstić information content (AvgIpc) is 2.76. The molecule has 0 atom stereocenters. The number of carboxylic acids is 1. The smallest absolute Gasteiger partial charge is 0.306 e. The van der Waals surface area contributed by atoms with E-state index in [1.807, 2.05) is 30.3 Å². The van der Waals surface area contributed by atoms with E-state index in [2.05, 4.69) is 39.6 Å². The number of hydrogen-bond donors (Lipinski definition) is 2. The zero-order chi connectivity index (χ0) is 20.2. The topological polar surface area (TPSA) is 75.1 Å². The van der Waals surface area contributed by atoms with Crippen LogP contribution in [0, 0.1) is 5.92 Å². The molecule has 3 aromatic rings. The minimum absolute atomic E-state index is 0.176. The largest absolute Gasteiger partial charge is 0.481 e. The maximum absolute atomic E-state index is 11.1. The SMILES string of the molecule is O=C(O)[C@H]1CC[C@H](Nc2ncc(Cl)c(-c3cccc(-c4ccccc4)c3)n2)CC1. The molecule has 4 rings (SSSR count). The summed E-state index contributed by atoms with van der Waals surface area (Å²) in [6, 6.07) is 18.5. The summed E-state index contributed by atoms with van der Waals surface area (Å²) in [5.41, 5.74) is 3.84. The van der Waals surface area contributed by atoms with Gasteiger partial charge in [-0.15, -0.1) is 0 Å². The number of aliphatic carboxylic acids is 1. The van der Waals surface area contributed by atoms with Crippen LogP contribution in [0.1, 0.15) is 25.7 Å². The van der Waals surface area contributed by atoms with E-state index in [9.17, 15) is 4.79 Å². The molecule has 1 aliphatic carbocycles. The molecule has 1 saturated carbocycles. The van der Waals surface area contributed by atoms with Crippen molar-refractivity contribution in [3.05, 3.63) is 65.8 Å². The number of benzene rings is 2. The number of nitrogens with one attached hydrogen (secondary N) is 1. The van der Waals surface area contributed by atoms with Gasteiger partial charge in [-0.05, 0) is 42.9 Å². The first-order chi connectivity index (χ1) is 14.1. The van der Waals surface area contributed by atoms with Crippen molar-refractivity contribution in [2.45, 2.75) is 31.7 Å². The average molecular weight is 408 g/mol. The van der Waals surface area contributed by atoms with E-state index in [0.29, 0.717) is 29.5 Å². The molecule has 148 valence electrons. The van der Waals surface area contributed by atoms with Gasteiger partial charge in [0.1, 0.15) is 0 Å². The number of carboxylic acid groups (broad SMARTS) is 1. The van der Waals surface area contributed by atoms with Gasteiger partial charge in [-0.25, -0.2) is 9.97 Å². The van der Waals surface area contributed by atoms with E-state index in [1.54, 1.807) is 6.20 Å². The number of rotatable bonds is 5. The van der Waals surface area contributed by atoms with Gasteiger partial charge < -0.3 is 10.4 Å². The molecule has 1 aromatic heterocycles. The van der Waals surface area contributed by atoms with Crippen molar-refractivity contribution in [1.82, 2.24) is 9.97 Å². The normalized spacial score (nSPS) is 18.9. The summed E-state index contributed by atoms with van der Waals surface area (Å²) in [6.07, 6.45) is 4.55. The Bertz CT molecular complexity index is 1000. The highest BCUT2D eigenvalue weighted by Gasteiger charge is 2.26. The number of nitrogens with zero attached hydrogens (tertiary/aromatic N) is 2. The van der Waals surface area contributed by atoms with Crippen molar-refractivity contribution >= 4 is 23.5 Å². The Kier molecular flexibility index (Phi) is 5.76.